The molecule has 0 spiro atoms. The lowest BCUT2D eigenvalue weighted by molar-refractivity contribution is 0.0781. The van der Waals surface area contributed by atoms with Gasteiger partial charge in [0.05, 0.1) is 26.9 Å². The lowest BCUT2D eigenvalue weighted by Crippen LogP contribution is -2.26. The van der Waals surface area contributed by atoms with E-state index in [0.29, 0.717) is 34.4 Å². The maximum absolute atomic E-state index is 12.8. The highest BCUT2D eigenvalue weighted by Crippen LogP contribution is 2.40. The van der Waals surface area contributed by atoms with E-state index in [9.17, 15) is 4.79 Å². The molecule has 0 saturated heterocycles. The first kappa shape index (κ1) is 17.9. The molecule has 2 aromatic rings. The van der Waals surface area contributed by atoms with Crippen LogP contribution in [0.5, 0.6) is 17.2 Å². The molecule has 0 aliphatic rings. The van der Waals surface area contributed by atoms with Crippen LogP contribution in [-0.4, -0.2) is 39.2 Å². The Morgan fingerprint density at radius 3 is 2.33 bits per heavy atom. The molecule has 2 rings (SSSR count). The topological polar surface area (TPSA) is 48.0 Å². The molecular weight excluding hydrogens is 330 g/mol. The second kappa shape index (κ2) is 7.93. The molecule has 0 N–H and O–H groups in total. The molecule has 0 heterocycles. The second-order valence-electron chi connectivity index (χ2n) is 5.17. The standard InChI is InChI=1S/C18H20ClNO4/c1-20(11-12-6-5-7-13(19)10-12)18(21)14-8-9-15(22-2)17(24-4)16(14)23-3/h5-10H,11H2,1-4H3. The van der Waals surface area contributed by atoms with E-state index in [-0.39, 0.29) is 5.91 Å². The van der Waals surface area contributed by atoms with E-state index < -0.39 is 0 Å². The van der Waals surface area contributed by atoms with Crippen molar-refractivity contribution in [3.05, 3.63) is 52.5 Å². The van der Waals surface area contributed by atoms with E-state index in [1.54, 1.807) is 30.1 Å². The van der Waals surface area contributed by atoms with Crippen molar-refractivity contribution in [2.24, 2.45) is 0 Å². The van der Waals surface area contributed by atoms with Gasteiger partial charge in [0.2, 0.25) is 5.75 Å². The summed E-state index contributed by atoms with van der Waals surface area (Å²) in [5.41, 5.74) is 1.34. The van der Waals surface area contributed by atoms with Gasteiger partial charge >= 0.3 is 0 Å². The summed E-state index contributed by atoms with van der Waals surface area (Å²) >= 11 is 5.99. The average Bonchev–Trinajstić information content (AvgIpc) is 2.59. The number of hydrogen-bond acceptors (Lipinski definition) is 4. The highest BCUT2D eigenvalue weighted by molar-refractivity contribution is 6.30. The van der Waals surface area contributed by atoms with Crippen LogP contribution in [0.1, 0.15) is 15.9 Å². The molecule has 128 valence electrons. The van der Waals surface area contributed by atoms with Crippen LogP contribution in [0.15, 0.2) is 36.4 Å². The van der Waals surface area contributed by atoms with E-state index >= 15 is 0 Å². The summed E-state index contributed by atoms with van der Waals surface area (Å²) in [7, 11) is 6.25. The molecule has 0 aliphatic heterocycles. The van der Waals surface area contributed by atoms with Gasteiger partial charge in [-0.1, -0.05) is 23.7 Å². The van der Waals surface area contributed by atoms with Crippen LogP contribution >= 0.6 is 11.6 Å². The molecule has 1 amide bonds. The summed E-state index contributed by atoms with van der Waals surface area (Å²) < 4.78 is 15.9. The number of hydrogen-bond donors (Lipinski definition) is 0. The van der Waals surface area contributed by atoms with Crippen LogP contribution in [-0.2, 0) is 6.54 Å². The minimum absolute atomic E-state index is 0.187. The van der Waals surface area contributed by atoms with Crippen molar-refractivity contribution >= 4 is 17.5 Å². The Labute approximate surface area is 146 Å². The first-order valence-corrected chi connectivity index (χ1v) is 7.68. The Hall–Kier alpha value is -2.40. The van der Waals surface area contributed by atoms with Gasteiger partial charge in [-0.2, -0.15) is 0 Å². The molecule has 6 heteroatoms. The maximum Gasteiger partial charge on any atom is 0.257 e. The normalized spacial score (nSPS) is 10.2. The van der Waals surface area contributed by atoms with Crippen LogP contribution in [0, 0.1) is 0 Å². The van der Waals surface area contributed by atoms with Gasteiger partial charge in [-0.3, -0.25) is 4.79 Å². The van der Waals surface area contributed by atoms with Crippen molar-refractivity contribution in [3.63, 3.8) is 0 Å². The molecule has 0 aliphatic carbocycles. The number of carbonyl (C=O) groups is 1. The number of benzene rings is 2. The van der Waals surface area contributed by atoms with Crippen molar-refractivity contribution in [1.29, 1.82) is 0 Å². The number of rotatable bonds is 6. The van der Waals surface area contributed by atoms with E-state index in [1.165, 1.54) is 21.3 Å². The minimum atomic E-state index is -0.187. The fraction of sp³-hybridized carbons (Fsp3) is 0.278. The summed E-state index contributed by atoms with van der Waals surface area (Å²) in [5.74, 6) is 1.05. The predicted molar refractivity (Wildman–Crippen MR) is 93.3 cm³/mol. The zero-order valence-electron chi connectivity index (χ0n) is 14.1. The Bertz CT molecular complexity index is 733. The van der Waals surface area contributed by atoms with Crippen LogP contribution in [0.25, 0.3) is 0 Å². The summed E-state index contributed by atoms with van der Waals surface area (Å²) in [6, 6.07) is 10.7. The molecule has 0 fully saturated rings. The lowest BCUT2D eigenvalue weighted by atomic mass is 10.1. The van der Waals surface area contributed by atoms with Gasteiger partial charge in [0.1, 0.15) is 0 Å². The van der Waals surface area contributed by atoms with Crippen molar-refractivity contribution in [2.45, 2.75) is 6.54 Å². The largest absolute Gasteiger partial charge is 0.493 e. The highest BCUT2D eigenvalue weighted by atomic mass is 35.5. The molecule has 5 nitrogen and oxygen atoms in total. The summed E-state index contributed by atoms with van der Waals surface area (Å²) in [5, 5.41) is 0.636. The van der Waals surface area contributed by atoms with Crippen LogP contribution in [0.4, 0.5) is 0 Å². The Kier molecular flexibility index (Phi) is 5.93. The second-order valence-corrected chi connectivity index (χ2v) is 5.61. The first-order valence-electron chi connectivity index (χ1n) is 7.30. The molecule has 0 bridgehead atoms. The molecule has 0 saturated carbocycles. The number of carbonyl (C=O) groups excluding carboxylic acids is 1. The molecule has 0 aromatic heterocycles. The molecule has 0 radical (unpaired) electrons. The third-order valence-electron chi connectivity index (χ3n) is 3.59. The van der Waals surface area contributed by atoms with E-state index in [2.05, 4.69) is 0 Å². The Morgan fingerprint density at radius 1 is 1.04 bits per heavy atom. The molecule has 24 heavy (non-hydrogen) atoms. The van der Waals surface area contributed by atoms with Gasteiger partial charge in [0.25, 0.3) is 5.91 Å². The quantitative estimate of drug-likeness (QED) is 0.799. The third kappa shape index (κ3) is 3.74. The highest BCUT2D eigenvalue weighted by Gasteiger charge is 2.23. The number of halogens is 1. The lowest BCUT2D eigenvalue weighted by Gasteiger charge is -2.20. The fourth-order valence-corrected chi connectivity index (χ4v) is 2.67. The molecular formula is C18H20ClNO4. The minimum Gasteiger partial charge on any atom is -0.493 e. The van der Waals surface area contributed by atoms with E-state index in [1.807, 2.05) is 18.2 Å². The van der Waals surface area contributed by atoms with Crippen molar-refractivity contribution in [2.75, 3.05) is 28.4 Å². The van der Waals surface area contributed by atoms with Gasteiger partial charge in [-0.25, -0.2) is 0 Å². The van der Waals surface area contributed by atoms with Crippen LogP contribution in [0.2, 0.25) is 5.02 Å². The summed E-state index contributed by atoms with van der Waals surface area (Å²) in [4.78, 5) is 14.4. The van der Waals surface area contributed by atoms with Crippen molar-refractivity contribution < 1.29 is 19.0 Å². The number of ether oxygens (including phenoxy) is 3. The average molecular weight is 350 g/mol. The Morgan fingerprint density at radius 2 is 1.75 bits per heavy atom. The number of methoxy groups -OCH3 is 3. The van der Waals surface area contributed by atoms with Crippen LogP contribution < -0.4 is 14.2 Å². The van der Waals surface area contributed by atoms with Gasteiger partial charge in [0, 0.05) is 18.6 Å². The Balaban J connectivity index is 2.31. The van der Waals surface area contributed by atoms with E-state index in [0.717, 1.165) is 5.56 Å². The number of nitrogens with zero attached hydrogens (tertiary/aromatic N) is 1. The summed E-state index contributed by atoms with van der Waals surface area (Å²) in [6.45, 7) is 0.427. The smallest absolute Gasteiger partial charge is 0.257 e. The summed E-state index contributed by atoms with van der Waals surface area (Å²) in [6.07, 6.45) is 0. The number of amides is 1. The molecule has 0 atom stereocenters. The van der Waals surface area contributed by atoms with Gasteiger partial charge in [-0.05, 0) is 29.8 Å². The van der Waals surface area contributed by atoms with Crippen LogP contribution in [0.3, 0.4) is 0 Å². The maximum atomic E-state index is 12.8. The SMILES string of the molecule is COc1ccc(C(=O)N(C)Cc2cccc(Cl)c2)c(OC)c1OC. The van der Waals surface area contributed by atoms with Gasteiger partial charge in [0.15, 0.2) is 11.5 Å². The molecule has 0 unspecified atom stereocenters. The van der Waals surface area contributed by atoms with E-state index in [4.69, 9.17) is 25.8 Å². The zero-order chi connectivity index (χ0) is 17.7. The fourth-order valence-electron chi connectivity index (χ4n) is 2.46. The third-order valence-corrected chi connectivity index (χ3v) is 3.83. The van der Waals surface area contributed by atoms with Gasteiger partial charge in [-0.15, -0.1) is 0 Å². The zero-order valence-corrected chi connectivity index (χ0v) is 14.9. The van der Waals surface area contributed by atoms with Crippen molar-refractivity contribution in [1.82, 2.24) is 4.90 Å². The molecule has 2 aromatic carbocycles. The van der Waals surface area contributed by atoms with Crippen molar-refractivity contribution in [3.8, 4) is 17.2 Å². The first-order chi connectivity index (χ1) is 11.5. The van der Waals surface area contributed by atoms with Gasteiger partial charge < -0.3 is 19.1 Å². The monoisotopic (exact) mass is 349 g/mol. The predicted octanol–water partition coefficient (Wildman–Crippen LogP) is 3.64.